The van der Waals surface area contributed by atoms with E-state index < -0.39 is 5.54 Å². The number of aromatic amines is 1. The van der Waals surface area contributed by atoms with Crippen LogP contribution in [0, 0.1) is 11.8 Å². The van der Waals surface area contributed by atoms with Gasteiger partial charge in [0.1, 0.15) is 5.54 Å². The highest BCUT2D eigenvalue weighted by molar-refractivity contribution is 5.50. The van der Waals surface area contributed by atoms with Crippen molar-refractivity contribution in [2.75, 3.05) is 13.1 Å². The van der Waals surface area contributed by atoms with Crippen molar-refractivity contribution in [3.05, 3.63) is 144 Å². The summed E-state index contributed by atoms with van der Waals surface area (Å²) in [6.07, 6.45) is 9.90. The molecule has 0 radical (unpaired) electrons. The SMILES string of the molecule is CC(C)CC(CN)c1cn(C(c2ccccc2)(c2ccccc2)c2ccccc2)cn1.CC(C)CC(CN)c1cnc[nH]1. The largest absolute Gasteiger partial charge is 0.348 e. The topological polar surface area (TPSA) is 98.5 Å². The van der Waals surface area contributed by atoms with Crippen molar-refractivity contribution in [2.24, 2.45) is 23.3 Å². The molecule has 6 nitrogen and oxygen atoms in total. The number of hydrogen-bond donors (Lipinski definition) is 3. The van der Waals surface area contributed by atoms with E-state index in [1.165, 1.54) is 16.7 Å². The highest BCUT2D eigenvalue weighted by Crippen LogP contribution is 2.41. The lowest BCUT2D eigenvalue weighted by molar-refractivity contribution is 0.492. The van der Waals surface area contributed by atoms with Crippen LogP contribution in [0.2, 0.25) is 0 Å². The smallest absolute Gasteiger partial charge is 0.121 e. The predicted octanol–water partition coefficient (Wildman–Crippen LogP) is 7.31. The molecule has 0 aliphatic rings. The van der Waals surface area contributed by atoms with E-state index in [2.05, 4.69) is 139 Å². The van der Waals surface area contributed by atoms with Crippen LogP contribution in [0.3, 0.4) is 0 Å². The number of nitrogens with one attached hydrogen (secondary N) is 1. The van der Waals surface area contributed by atoms with Crippen LogP contribution in [-0.2, 0) is 5.54 Å². The van der Waals surface area contributed by atoms with E-state index in [1.54, 1.807) is 6.33 Å². The Hall–Kier alpha value is -4.00. The summed E-state index contributed by atoms with van der Waals surface area (Å²) < 4.78 is 2.27. The molecule has 6 heteroatoms. The Kier molecular flexibility index (Phi) is 11.5. The second-order valence-corrected chi connectivity index (χ2v) is 12.1. The van der Waals surface area contributed by atoms with Crippen LogP contribution in [0.1, 0.15) is 80.5 Å². The monoisotopic (exact) mass is 576 g/mol. The molecule has 43 heavy (non-hydrogen) atoms. The zero-order valence-corrected chi connectivity index (χ0v) is 26.1. The molecule has 5 rings (SSSR count). The van der Waals surface area contributed by atoms with Crippen molar-refractivity contribution in [1.29, 1.82) is 0 Å². The maximum atomic E-state index is 6.16. The number of aromatic nitrogens is 4. The Balaban J connectivity index is 0.000000296. The lowest BCUT2D eigenvalue weighted by Gasteiger charge is -2.37. The lowest BCUT2D eigenvalue weighted by atomic mass is 9.76. The summed E-state index contributed by atoms with van der Waals surface area (Å²) in [5.41, 5.74) is 17.1. The van der Waals surface area contributed by atoms with Crippen LogP contribution < -0.4 is 11.5 Å². The average Bonchev–Trinajstić information content (AvgIpc) is 3.75. The Bertz CT molecular complexity index is 1350. The third-order valence-electron chi connectivity index (χ3n) is 8.02. The van der Waals surface area contributed by atoms with Crippen molar-refractivity contribution in [1.82, 2.24) is 19.5 Å². The van der Waals surface area contributed by atoms with Crippen LogP contribution in [0.25, 0.3) is 0 Å². The van der Waals surface area contributed by atoms with Gasteiger partial charge in [-0.15, -0.1) is 0 Å². The molecule has 5 aromatic rings. The van der Waals surface area contributed by atoms with Crippen LogP contribution in [0.15, 0.2) is 116 Å². The molecule has 0 aliphatic carbocycles. The summed E-state index contributed by atoms with van der Waals surface area (Å²) in [7, 11) is 0. The molecule has 0 bridgehead atoms. The minimum atomic E-state index is -0.522. The van der Waals surface area contributed by atoms with Gasteiger partial charge in [0.15, 0.2) is 0 Å². The second kappa shape index (κ2) is 15.5. The van der Waals surface area contributed by atoms with Gasteiger partial charge in [-0.1, -0.05) is 119 Å². The van der Waals surface area contributed by atoms with Crippen molar-refractivity contribution < 1.29 is 0 Å². The van der Waals surface area contributed by atoms with Crippen LogP contribution in [0.4, 0.5) is 0 Å². The van der Waals surface area contributed by atoms with E-state index in [4.69, 9.17) is 16.5 Å². The summed E-state index contributed by atoms with van der Waals surface area (Å²) >= 11 is 0. The molecule has 2 heterocycles. The molecule has 0 saturated heterocycles. The Morgan fingerprint density at radius 1 is 0.698 bits per heavy atom. The minimum absolute atomic E-state index is 0.251. The molecule has 0 amide bonds. The fourth-order valence-electron chi connectivity index (χ4n) is 6.03. The van der Waals surface area contributed by atoms with Gasteiger partial charge < -0.3 is 21.0 Å². The summed E-state index contributed by atoms with van der Waals surface area (Å²) in [4.78, 5) is 12.0. The van der Waals surface area contributed by atoms with E-state index in [0.29, 0.717) is 30.8 Å². The summed E-state index contributed by atoms with van der Waals surface area (Å²) in [6, 6.07) is 32.1. The molecule has 2 unspecified atom stereocenters. The predicted molar refractivity (Wildman–Crippen MR) is 178 cm³/mol. The van der Waals surface area contributed by atoms with Crippen molar-refractivity contribution >= 4 is 0 Å². The molecular formula is C37H48N6. The van der Waals surface area contributed by atoms with Gasteiger partial charge in [0.25, 0.3) is 0 Å². The van der Waals surface area contributed by atoms with Gasteiger partial charge in [0, 0.05) is 43.0 Å². The van der Waals surface area contributed by atoms with E-state index in [0.717, 1.165) is 24.2 Å². The summed E-state index contributed by atoms with van der Waals surface area (Å²) in [6.45, 7) is 10.2. The normalized spacial score (nSPS) is 13.0. The first-order valence-corrected chi connectivity index (χ1v) is 15.5. The molecular weight excluding hydrogens is 528 g/mol. The molecule has 0 aliphatic heterocycles. The number of nitrogens with zero attached hydrogens (tertiary/aromatic N) is 3. The van der Waals surface area contributed by atoms with E-state index in [9.17, 15) is 0 Å². The zero-order chi connectivity index (χ0) is 30.7. The van der Waals surface area contributed by atoms with Gasteiger partial charge in [-0.3, -0.25) is 0 Å². The highest BCUT2D eigenvalue weighted by Gasteiger charge is 2.38. The standard InChI is InChI=1S/C28H31N3.C9H17N3/c1-22(2)18-23(19-29)27-20-31(21-30-27)28(24-12-6-3-7-13-24,25-14-8-4-9-15-25)26-16-10-5-11-17-26;1-7(2)3-8(4-10)9-5-11-6-12-9/h3-17,20-23H,18-19,29H2,1-2H3;5-8H,3-4,10H2,1-2H3,(H,11,12). The molecule has 226 valence electrons. The number of rotatable bonds is 12. The quantitative estimate of drug-likeness (QED) is 0.136. The first-order valence-electron chi connectivity index (χ1n) is 15.5. The molecule has 2 aromatic heterocycles. The zero-order valence-electron chi connectivity index (χ0n) is 26.1. The van der Waals surface area contributed by atoms with Crippen molar-refractivity contribution in [3.63, 3.8) is 0 Å². The van der Waals surface area contributed by atoms with Crippen LogP contribution in [-0.4, -0.2) is 32.6 Å². The third-order valence-corrected chi connectivity index (χ3v) is 8.02. The first-order chi connectivity index (χ1) is 20.9. The number of hydrogen-bond acceptors (Lipinski definition) is 4. The average molecular weight is 577 g/mol. The maximum absolute atomic E-state index is 6.16. The Morgan fingerprint density at radius 3 is 1.56 bits per heavy atom. The second-order valence-electron chi connectivity index (χ2n) is 12.1. The fraction of sp³-hybridized carbons (Fsp3) is 0.351. The maximum Gasteiger partial charge on any atom is 0.121 e. The van der Waals surface area contributed by atoms with Gasteiger partial charge in [-0.05, 0) is 41.4 Å². The lowest BCUT2D eigenvalue weighted by Crippen LogP contribution is -2.37. The molecule has 2 atom stereocenters. The van der Waals surface area contributed by atoms with Crippen molar-refractivity contribution in [3.8, 4) is 0 Å². The van der Waals surface area contributed by atoms with Gasteiger partial charge in [-0.2, -0.15) is 0 Å². The minimum Gasteiger partial charge on any atom is -0.348 e. The number of benzene rings is 3. The Labute approximate surface area is 257 Å². The van der Waals surface area contributed by atoms with Crippen molar-refractivity contribution in [2.45, 2.75) is 57.9 Å². The van der Waals surface area contributed by atoms with Gasteiger partial charge in [-0.25, -0.2) is 9.97 Å². The van der Waals surface area contributed by atoms with Gasteiger partial charge in [0.2, 0.25) is 0 Å². The van der Waals surface area contributed by atoms with Gasteiger partial charge >= 0.3 is 0 Å². The molecule has 0 saturated carbocycles. The number of nitrogens with two attached hydrogens (primary N) is 2. The first kappa shape index (κ1) is 31.9. The van der Waals surface area contributed by atoms with Crippen LogP contribution >= 0.6 is 0 Å². The van der Waals surface area contributed by atoms with E-state index in [1.807, 2.05) is 12.5 Å². The van der Waals surface area contributed by atoms with Crippen LogP contribution in [0.5, 0.6) is 0 Å². The highest BCUT2D eigenvalue weighted by atomic mass is 15.1. The molecule has 5 N–H and O–H groups in total. The summed E-state index contributed by atoms with van der Waals surface area (Å²) in [5, 5.41) is 0. The number of imidazole rings is 2. The third kappa shape index (κ3) is 7.70. The Morgan fingerprint density at radius 2 is 1.16 bits per heavy atom. The molecule has 0 spiro atoms. The molecule has 0 fully saturated rings. The van der Waals surface area contributed by atoms with Gasteiger partial charge in [0.05, 0.1) is 18.3 Å². The summed E-state index contributed by atoms with van der Waals surface area (Å²) in [5.74, 6) is 1.94. The van der Waals surface area contributed by atoms with E-state index >= 15 is 0 Å². The van der Waals surface area contributed by atoms with E-state index in [-0.39, 0.29) is 5.92 Å². The molecule has 3 aromatic carbocycles. The number of H-pyrrole nitrogens is 1. The fourth-order valence-corrected chi connectivity index (χ4v) is 6.03.